The quantitative estimate of drug-likeness (QED) is 0.462. The molecule has 0 aliphatic carbocycles. The van der Waals surface area contributed by atoms with Crippen LogP contribution < -0.4 is 14.4 Å². The van der Waals surface area contributed by atoms with Gasteiger partial charge >= 0.3 is 0 Å². The number of nitrogens with zero attached hydrogens (tertiary/aromatic N) is 2. The molecule has 8 nitrogen and oxygen atoms in total. The summed E-state index contributed by atoms with van der Waals surface area (Å²) in [6.45, 7) is 9.60. The van der Waals surface area contributed by atoms with E-state index < -0.39 is 16.1 Å². The van der Waals surface area contributed by atoms with Crippen LogP contribution in [0, 0.1) is 13.8 Å². The van der Waals surface area contributed by atoms with E-state index in [-0.39, 0.29) is 37.4 Å². The molecule has 0 aliphatic rings. The van der Waals surface area contributed by atoms with Gasteiger partial charge in [-0.05, 0) is 75.9 Å². The molecule has 36 heavy (non-hydrogen) atoms. The van der Waals surface area contributed by atoms with Gasteiger partial charge in [0.2, 0.25) is 21.8 Å². The molecule has 2 amide bonds. The lowest BCUT2D eigenvalue weighted by molar-refractivity contribution is -0.140. The maximum atomic E-state index is 13.4. The van der Waals surface area contributed by atoms with E-state index in [4.69, 9.17) is 4.74 Å². The summed E-state index contributed by atoms with van der Waals surface area (Å²) in [5, 5.41) is 2.87. The van der Waals surface area contributed by atoms with E-state index in [2.05, 4.69) is 5.32 Å². The highest BCUT2D eigenvalue weighted by Gasteiger charge is 2.27. The lowest BCUT2D eigenvalue weighted by Gasteiger charge is -2.30. The Morgan fingerprint density at radius 3 is 2.36 bits per heavy atom. The average Bonchev–Trinajstić information content (AvgIpc) is 2.80. The number of carbonyl (C=O) groups excluding carboxylic acids is 2. The molecule has 2 aromatic rings. The minimum absolute atomic E-state index is 0.0605. The molecular weight excluding hydrogens is 478 g/mol. The van der Waals surface area contributed by atoms with Crippen molar-refractivity contribution >= 4 is 27.5 Å². The van der Waals surface area contributed by atoms with Crippen LogP contribution in [0.1, 0.15) is 50.3 Å². The minimum atomic E-state index is -3.54. The third-order valence-electron chi connectivity index (χ3n) is 5.87. The number of methoxy groups -OCH3 is 1. The molecule has 1 N–H and O–H groups in total. The Balaban J connectivity index is 2.22. The minimum Gasteiger partial charge on any atom is -0.497 e. The van der Waals surface area contributed by atoms with Gasteiger partial charge in [-0.15, -0.1) is 0 Å². The van der Waals surface area contributed by atoms with Gasteiger partial charge in [-0.25, -0.2) is 8.42 Å². The summed E-state index contributed by atoms with van der Waals surface area (Å²) in [5.74, 6) is 0.199. The summed E-state index contributed by atoms with van der Waals surface area (Å²) in [4.78, 5) is 27.7. The van der Waals surface area contributed by atoms with Gasteiger partial charge in [0.1, 0.15) is 11.8 Å². The fourth-order valence-electron chi connectivity index (χ4n) is 3.93. The van der Waals surface area contributed by atoms with Crippen LogP contribution in [0.4, 0.5) is 5.69 Å². The van der Waals surface area contributed by atoms with Crippen LogP contribution in [-0.4, -0.2) is 57.1 Å². The van der Waals surface area contributed by atoms with Crippen molar-refractivity contribution in [3.63, 3.8) is 0 Å². The second kappa shape index (κ2) is 12.8. The van der Waals surface area contributed by atoms with Crippen molar-refractivity contribution in [1.29, 1.82) is 0 Å². The third kappa shape index (κ3) is 8.26. The van der Waals surface area contributed by atoms with Gasteiger partial charge in [0.15, 0.2) is 0 Å². The van der Waals surface area contributed by atoms with Crippen molar-refractivity contribution in [2.75, 3.05) is 24.2 Å². The normalized spacial score (nSPS) is 12.2. The number of aryl methyl sites for hydroxylation is 2. The molecular formula is C27H39N3O5S. The van der Waals surface area contributed by atoms with Gasteiger partial charge in [-0.1, -0.05) is 24.3 Å². The predicted octanol–water partition coefficient (Wildman–Crippen LogP) is 3.80. The first-order valence-corrected chi connectivity index (χ1v) is 14.0. The maximum absolute atomic E-state index is 13.4. The fourth-order valence-corrected chi connectivity index (χ4v) is 4.94. The highest BCUT2D eigenvalue weighted by atomic mass is 32.2. The maximum Gasteiger partial charge on any atom is 0.242 e. The van der Waals surface area contributed by atoms with Gasteiger partial charge < -0.3 is 15.0 Å². The molecule has 0 saturated heterocycles. The lowest BCUT2D eigenvalue weighted by atomic mass is 10.1. The Morgan fingerprint density at radius 1 is 1.06 bits per heavy atom. The first kappa shape index (κ1) is 29.2. The predicted molar refractivity (Wildman–Crippen MR) is 144 cm³/mol. The van der Waals surface area contributed by atoms with Crippen LogP contribution in [0.2, 0.25) is 0 Å². The standard InChI is InChI=1S/C27H39N3O5S/c1-19(2)28-27(32)22(5)29(18-23-10-8-11-24(17-23)35-6)26(31)12-9-15-30(36(7,33)34)25-16-20(3)13-14-21(25)4/h8,10-11,13-14,16-17,19,22H,9,12,15,18H2,1-7H3,(H,28,32)/t22-/m0/s1. The summed E-state index contributed by atoms with van der Waals surface area (Å²) < 4.78 is 31.8. The summed E-state index contributed by atoms with van der Waals surface area (Å²) in [6.07, 6.45) is 1.58. The van der Waals surface area contributed by atoms with E-state index >= 15 is 0 Å². The molecule has 0 aromatic heterocycles. The number of hydrogen-bond acceptors (Lipinski definition) is 5. The van der Waals surface area contributed by atoms with Gasteiger partial charge in [0, 0.05) is 25.6 Å². The van der Waals surface area contributed by atoms with Crippen molar-refractivity contribution < 1.29 is 22.7 Å². The SMILES string of the molecule is COc1cccc(CN(C(=O)CCCN(c2cc(C)ccc2C)S(C)(=O)=O)[C@@H](C)C(=O)NC(C)C)c1. The van der Waals surface area contributed by atoms with Crippen molar-refractivity contribution in [2.45, 2.75) is 66.1 Å². The number of amides is 2. The summed E-state index contributed by atoms with van der Waals surface area (Å²) in [6, 6.07) is 12.3. The largest absolute Gasteiger partial charge is 0.497 e. The van der Waals surface area contributed by atoms with Gasteiger partial charge in [-0.3, -0.25) is 13.9 Å². The molecule has 0 fully saturated rings. The van der Waals surface area contributed by atoms with Crippen molar-refractivity contribution in [2.24, 2.45) is 0 Å². The molecule has 9 heteroatoms. The smallest absolute Gasteiger partial charge is 0.242 e. The topological polar surface area (TPSA) is 96.0 Å². The zero-order valence-corrected chi connectivity index (χ0v) is 23.2. The molecule has 0 bridgehead atoms. The molecule has 0 heterocycles. The Hall–Kier alpha value is -3.07. The van der Waals surface area contributed by atoms with E-state index in [1.54, 1.807) is 14.0 Å². The first-order valence-electron chi connectivity index (χ1n) is 12.1. The van der Waals surface area contributed by atoms with Crippen LogP contribution >= 0.6 is 0 Å². The highest BCUT2D eigenvalue weighted by Crippen LogP contribution is 2.25. The highest BCUT2D eigenvalue weighted by molar-refractivity contribution is 7.92. The number of sulfonamides is 1. The van der Waals surface area contributed by atoms with E-state index in [0.717, 1.165) is 16.7 Å². The number of carbonyl (C=O) groups is 2. The second-order valence-electron chi connectivity index (χ2n) is 9.44. The van der Waals surface area contributed by atoms with Crippen LogP contribution in [-0.2, 0) is 26.2 Å². The van der Waals surface area contributed by atoms with E-state index in [1.807, 2.05) is 70.2 Å². The van der Waals surface area contributed by atoms with Crippen LogP contribution in [0.3, 0.4) is 0 Å². The van der Waals surface area contributed by atoms with Gasteiger partial charge in [-0.2, -0.15) is 0 Å². The van der Waals surface area contributed by atoms with Crippen LogP contribution in [0.5, 0.6) is 5.75 Å². The molecule has 0 spiro atoms. The lowest BCUT2D eigenvalue weighted by Crippen LogP contribution is -2.49. The number of ether oxygens (including phenoxy) is 1. The van der Waals surface area contributed by atoms with E-state index in [1.165, 1.54) is 15.5 Å². The monoisotopic (exact) mass is 517 g/mol. The van der Waals surface area contributed by atoms with Crippen LogP contribution in [0.25, 0.3) is 0 Å². The average molecular weight is 518 g/mol. The van der Waals surface area contributed by atoms with Crippen molar-refractivity contribution in [3.05, 3.63) is 59.2 Å². The van der Waals surface area contributed by atoms with Crippen molar-refractivity contribution in [1.82, 2.24) is 10.2 Å². The van der Waals surface area contributed by atoms with E-state index in [0.29, 0.717) is 17.9 Å². The van der Waals surface area contributed by atoms with Gasteiger partial charge in [0.05, 0.1) is 19.1 Å². The molecule has 0 unspecified atom stereocenters. The Kier molecular flexibility index (Phi) is 10.3. The van der Waals surface area contributed by atoms with Crippen molar-refractivity contribution in [3.8, 4) is 5.75 Å². The van der Waals surface area contributed by atoms with Crippen LogP contribution in [0.15, 0.2) is 42.5 Å². The molecule has 2 rings (SSSR count). The van der Waals surface area contributed by atoms with Gasteiger partial charge in [0.25, 0.3) is 0 Å². The third-order valence-corrected chi connectivity index (χ3v) is 7.05. The number of hydrogen-bond donors (Lipinski definition) is 1. The fraction of sp³-hybridized carbons (Fsp3) is 0.481. The molecule has 198 valence electrons. The Morgan fingerprint density at radius 2 is 1.75 bits per heavy atom. The second-order valence-corrected chi connectivity index (χ2v) is 11.3. The van der Waals surface area contributed by atoms with E-state index in [9.17, 15) is 18.0 Å². The molecule has 2 aromatic carbocycles. The zero-order chi connectivity index (χ0) is 27.0. The number of benzene rings is 2. The zero-order valence-electron chi connectivity index (χ0n) is 22.4. The molecule has 0 saturated carbocycles. The number of nitrogens with one attached hydrogen (secondary N) is 1. The molecule has 0 radical (unpaired) electrons. The summed E-state index contributed by atoms with van der Waals surface area (Å²) in [7, 11) is -1.97. The first-order chi connectivity index (χ1) is 16.8. The Bertz CT molecular complexity index is 1160. The molecule has 1 atom stereocenters. The Labute approximate surface area is 215 Å². The number of anilines is 1. The number of rotatable bonds is 12. The molecule has 0 aliphatic heterocycles. The summed E-state index contributed by atoms with van der Waals surface area (Å²) >= 11 is 0. The summed E-state index contributed by atoms with van der Waals surface area (Å²) in [5.41, 5.74) is 3.24.